The maximum absolute atomic E-state index is 13.0. The maximum atomic E-state index is 13.0. The summed E-state index contributed by atoms with van der Waals surface area (Å²) in [6.07, 6.45) is 0.881. The Balaban J connectivity index is 1.97. The number of β-amino-alcohol motifs (C(OH)–C–C–N with tert-alkyl or cyclic N) is 1. The van der Waals surface area contributed by atoms with E-state index in [1.807, 2.05) is 0 Å². The minimum atomic E-state index is -0.586. The molecule has 1 aliphatic rings. The van der Waals surface area contributed by atoms with Gasteiger partial charge in [-0.2, -0.15) is 0 Å². The number of halogens is 1. The van der Waals surface area contributed by atoms with Crippen LogP contribution < -0.4 is 0 Å². The summed E-state index contributed by atoms with van der Waals surface area (Å²) in [6, 6.07) is 6.44. The average molecular weight is 322 g/mol. The van der Waals surface area contributed by atoms with Crippen LogP contribution in [-0.2, 0) is 11.3 Å². The van der Waals surface area contributed by atoms with Crippen molar-refractivity contribution in [2.45, 2.75) is 51.8 Å². The van der Waals surface area contributed by atoms with Gasteiger partial charge in [0.15, 0.2) is 0 Å². The van der Waals surface area contributed by atoms with Crippen LogP contribution in [-0.4, -0.2) is 52.1 Å². The number of hydrogen-bond acceptors (Lipinski definition) is 3. The highest BCUT2D eigenvalue weighted by molar-refractivity contribution is 5.78. The standard InChI is InChI=1S/C18H27FN2O2/c1-18(2,3)21(11-14-6-8-15(19)9-7-14)13-16(22)12-20-10-4-5-17(20)23/h6-9,16,22H,4-5,10-13H2,1-3H3/t16-/m1/s1. The molecule has 1 N–H and O–H groups in total. The maximum Gasteiger partial charge on any atom is 0.222 e. The van der Waals surface area contributed by atoms with Crippen molar-refractivity contribution in [1.82, 2.24) is 9.80 Å². The Bertz CT molecular complexity index is 525. The van der Waals surface area contributed by atoms with Gasteiger partial charge in [-0.05, 0) is 44.9 Å². The number of nitrogens with zero attached hydrogens (tertiary/aromatic N) is 2. The molecular formula is C18H27FN2O2. The van der Waals surface area contributed by atoms with E-state index in [0.29, 0.717) is 26.1 Å². The van der Waals surface area contributed by atoms with Gasteiger partial charge in [-0.25, -0.2) is 4.39 Å². The first-order chi connectivity index (χ1) is 10.8. The van der Waals surface area contributed by atoms with Crippen molar-refractivity contribution in [3.63, 3.8) is 0 Å². The third-order valence-corrected chi connectivity index (χ3v) is 4.27. The summed E-state index contributed by atoms with van der Waals surface area (Å²) in [6.45, 7) is 8.50. The normalized spacial score (nSPS) is 17.1. The topological polar surface area (TPSA) is 43.8 Å². The van der Waals surface area contributed by atoms with E-state index in [2.05, 4.69) is 25.7 Å². The molecule has 0 bridgehead atoms. The lowest BCUT2D eigenvalue weighted by atomic mass is 10.0. The average Bonchev–Trinajstić information content (AvgIpc) is 2.85. The van der Waals surface area contributed by atoms with Gasteiger partial charge in [-0.15, -0.1) is 0 Å². The van der Waals surface area contributed by atoms with Gasteiger partial charge in [0.2, 0.25) is 5.91 Å². The summed E-state index contributed by atoms with van der Waals surface area (Å²) < 4.78 is 13.0. The number of amides is 1. The number of hydrogen-bond donors (Lipinski definition) is 1. The van der Waals surface area contributed by atoms with E-state index in [1.54, 1.807) is 17.0 Å². The molecule has 0 saturated carbocycles. The molecule has 1 fully saturated rings. The van der Waals surface area contributed by atoms with E-state index in [9.17, 15) is 14.3 Å². The van der Waals surface area contributed by atoms with Gasteiger partial charge >= 0.3 is 0 Å². The fraction of sp³-hybridized carbons (Fsp3) is 0.611. The molecule has 1 saturated heterocycles. The molecule has 1 amide bonds. The second kappa shape index (κ2) is 7.41. The molecule has 1 aromatic rings. The summed E-state index contributed by atoms with van der Waals surface area (Å²) in [5.74, 6) is -0.117. The molecule has 0 aliphatic carbocycles. The lowest BCUT2D eigenvalue weighted by Crippen LogP contribution is -2.47. The smallest absolute Gasteiger partial charge is 0.222 e. The summed E-state index contributed by atoms with van der Waals surface area (Å²) in [5.41, 5.74) is 0.871. The first-order valence-electron chi connectivity index (χ1n) is 8.21. The van der Waals surface area contributed by atoms with Crippen LogP contribution in [0.4, 0.5) is 4.39 Å². The molecule has 1 aromatic carbocycles. The lowest BCUT2D eigenvalue weighted by molar-refractivity contribution is -0.129. The summed E-state index contributed by atoms with van der Waals surface area (Å²) in [4.78, 5) is 15.6. The van der Waals surface area contributed by atoms with E-state index >= 15 is 0 Å². The fourth-order valence-corrected chi connectivity index (χ4v) is 2.85. The third kappa shape index (κ3) is 5.29. The van der Waals surface area contributed by atoms with Crippen molar-refractivity contribution >= 4 is 5.91 Å². The molecule has 1 atom stereocenters. The summed E-state index contributed by atoms with van der Waals surface area (Å²) in [7, 11) is 0. The highest BCUT2D eigenvalue weighted by atomic mass is 19.1. The highest BCUT2D eigenvalue weighted by Gasteiger charge is 2.27. The number of aliphatic hydroxyl groups is 1. The van der Waals surface area contributed by atoms with Crippen molar-refractivity contribution in [1.29, 1.82) is 0 Å². The molecular weight excluding hydrogens is 295 g/mol. The monoisotopic (exact) mass is 322 g/mol. The molecule has 5 heteroatoms. The Labute approximate surface area is 137 Å². The number of aliphatic hydroxyl groups excluding tert-OH is 1. The van der Waals surface area contributed by atoms with Crippen molar-refractivity contribution in [3.8, 4) is 0 Å². The number of benzene rings is 1. The van der Waals surface area contributed by atoms with Gasteiger partial charge < -0.3 is 10.0 Å². The molecule has 0 unspecified atom stereocenters. The molecule has 23 heavy (non-hydrogen) atoms. The molecule has 2 rings (SSSR count). The molecule has 4 nitrogen and oxygen atoms in total. The molecule has 0 radical (unpaired) electrons. The Morgan fingerprint density at radius 3 is 2.48 bits per heavy atom. The number of carbonyl (C=O) groups excluding carboxylic acids is 1. The molecule has 0 spiro atoms. The van der Waals surface area contributed by atoms with Crippen molar-refractivity contribution in [2.75, 3.05) is 19.6 Å². The second-order valence-corrected chi connectivity index (χ2v) is 7.27. The summed E-state index contributed by atoms with van der Waals surface area (Å²) >= 11 is 0. The lowest BCUT2D eigenvalue weighted by Gasteiger charge is -2.37. The predicted molar refractivity (Wildman–Crippen MR) is 88.4 cm³/mol. The van der Waals surface area contributed by atoms with Crippen LogP contribution in [0.2, 0.25) is 0 Å². The van der Waals surface area contributed by atoms with Gasteiger partial charge in [0.1, 0.15) is 5.82 Å². The summed E-state index contributed by atoms with van der Waals surface area (Å²) in [5, 5.41) is 10.4. The Kier molecular flexibility index (Phi) is 5.76. The molecule has 1 heterocycles. The highest BCUT2D eigenvalue weighted by Crippen LogP contribution is 2.19. The van der Waals surface area contributed by atoms with Crippen LogP contribution in [0.15, 0.2) is 24.3 Å². The number of likely N-dealkylation sites (tertiary alicyclic amines) is 1. The van der Waals surface area contributed by atoms with E-state index < -0.39 is 6.10 Å². The minimum absolute atomic E-state index is 0.130. The van der Waals surface area contributed by atoms with Gasteiger partial charge in [0.25, 0.3) is 0 Å². The van der Waals surface area contributed by atoms with Gasteiger partial charge in [0.05, 0.1) is 6.10 Å². The Morgan fingerprint density at radius 2 is 1.96 bits per heavy atom. The van der Waals surface area contributed by atoms with E-state index in [0.717, 1.165) is 18.5 Å². The largest absolute Gasteiger partial charge is 0.390 e. The first kappa shape index (κ1) is 17.9. The van der Waals surface area contributed by atoms with E-state index in [-0.39, 0.29) is 17.3 Å². The van der Waals surface area contributed by atoms with E-state index in [1.165, 1.54) is 12.1 Å². The van der Waals surface area contributed by atoms with E-state index in [4.69, 9.17) is 0 Å². The number of carbonyl (C=O) groups is 1. The second-order valence-electron chi connectivity index (χ2n) is 7.27. The van der Waals surface area contributed by atoms with Gasteiger partial charge in [0, 0.05) is 38.1 Å². The van der Waals surface area contributed by atoms with Crippen LogP contribution in [0.25, 0.3) is 0 Å². The predicted octanol–water partition coefficient (Wildman–Crippen LogP) is 2.41. The number of rotatable bonds is 6. The minimum Gasteiger partial charge on any atom is -0.390 e. The van der Waals surface area contributed by atoms with Gasteiger partial charge in [-0.3, -0.25) is 9.69 Å². The first-order valence-corrected chi connectivity index (χ1v) is 8.21. The zero-order chi connectivity index (χ0) is 17.0. The van der Waals surface area contributed by atoms with Crippen LogP contribution >= 0.6 is 0 Å². The SMILES string of the molecule is CC(C)(C)N(Cc1ccc(F)cc1)C[C@H](O)CN1CCCC1=O. The molecule has 128 valence electrons. The zero-order valence-corrected chi connectivity index (χ0v) is 14.3. The van der Waals surface area contributed by atoms with Crippen LogP contribution in [0.3, 0.4) is 0 Å². The fourth-order valence-electron chi connectivity index (χ4n) is 2.85. The third-order valence-electron chi connectivity index (χ3n) is 4.27. The van der Waals surface area contributed by atoms with Crippen molar-refractivity contribution in [3.05, 3.63) is 35.6 Å². The zero-order valence-electron chi connectivity index (χ0n) is 14.3. The van der Waals surface area contributed by atoms with Crippen LogP contribution in [0, 0.1) is 5.82 Å². The van der Waals surface area contributed by atoms with Crippen LogP contribution in [0.5, 0.6) is 0 Å². The van der Waals surface area contributed by atoms with Crippen molar-refractivity contribution < 1.29 is 14.3 Å². The molecule has 1 aliphatic heterocycles. The quantitative estimate of drug-likeness (QED) is 0.875. The van der Waals surface area contributed by atoms with Crippen molar-refractivity contribution in [2.24, 2.45) is 0 Å². The van der Waals surface area contributed by atoms with Gasteiger partial charge in [-0.1, -0.05) is 12.1 Å². The Morgan fingerprint density at radius 1 is 1.30 bits per heavy atom. The molecule has 0 aromatic heterocycles. The van der Waals surface area contributed by atoms with Crippen LogP contribution in [0.1, 0.15) is 39.2 Å². The Hall–Kier alpha value is -1.46.